The Balaban J connectivity index is -0.00000225. The number of rotatable bonds is 4. The van der Waals surface area contributed by atoms with Gasteiger partial charge in [-0.25, -0.2) is 4.57 Å². The normalized spacial score (nSPS) is 11.8. The van der Waals surface area contributed by atoms with Crippen LogP contribution < -0.4 is 69.0 Å². The minimum absolute atomic E-state index is 0. The van der Waals surface area contributed by atoms with Crippen LogP contribution in [0.2, 0.25) is 5.02 Å². The molecule has 0 unspecified atom stereocenters. The number of halogens is 7. The van der Waals surface area contributed by atoms with E-state index in [0.29, 0.717) is 0 Å². The molecule has 2 aromatic rings. The number of carbonyl (C=O) groups excluding carboxylic acids is 1. The fourth-order valence-corrected chi connectivity index (χ4v) is 2.70. The van der Waals surface area contributed by atoms with E-state index < -0.39 is 54.2 Å². The maximum absolute atomic E-state index is 12.9. The van der Waals surface area contributed by atoms with Gasteiger partial charge in [-0.15, -0.1) is 0 Å². The van der Waals surface area contributed by atoms with E-state index in [1.54, 1.807) is 5.32 Å². The van der Waals surface area contributed by atoms with Gasteiger partial charge in [0.2, 0.25) is 0 Å². The number of amides is 1. The predicted octanol–water partition coefficient (Wildman–Crippen LogP) is -0.666. The first kappa shape index (κ1) is 30.7. The molecular weight excluding hydrogens is 501 g/mol. The molecule has 0 atom stereocenters. The van der Waals surface area contributed by atoms with Gasteiger partial charge in [-0.3, -0.25) is 14.6 Å². The summed E-state index contributed by atoms with van der Waals surface area (Å²) in [7, 11) is -5.13. The maximum Gasteiger partial charge on any atom is 1.00 e. The first-order valence-corrected chi connectivity index (χ1v) is 9.12. The van der Waals surface area contributed by atoms with E-state index in [-0.39, 0.29) is 85.2 Å². The zero-order valence-electron chi connectivity index (χ0n) is 17.7. The number of carbonyl (C=O) groups is 1. The molecule has 0 aliphatic carbocycles. The molecule has 0 fully saturated rings. The van der Waals surface area contributed by atoms with E-state index >= 15 is 0 Å². The summed E-state index contributed by atoms with van der Waals surface area (Å²) in [6, 6.07) is 3.25. The first-order valence-electron chi connectivity index (χ1n) is 7.22. The molecule has 0 spiro atoms. The smallest absolute Gasteiger partial charge is 1.00 e. The second-order valence-corrected chi connectivity index (χ2v) is 7.07. The molecule has 3 N–H and O–H groups in total. The monoisotopic (exact) mass is 511 g/mol. The zero-order valence-corrected chi connectivity index (χ0v) is 21.3. The largest absolute Gasteiger partial charge is 1.00 e. The summed E-state index contributed by atoms with van der Waals surface area (Å²) in [5.74, 6) is -2.01. The van der Waals surface area contributed by atoms with Crippen molar-refractivity contribution in [1.82, 2.24) is 0 Å². The third-order valence-corrected chi connectivity index (χ3v) is 3.92. The molecule has 0 bridgehead atoms. The summed E-state index contributed by atoms with van der Waals surface area (Å²) in [4.78, 5) is 30.1. The molecule has 0 aliphatic heterocycles. The maximum atomic E-state index is 12.9. The number of benzene rings is 2. The molecule has 2 aromatic carbocycles. The fraction of sp³-hybridized carbons (Fsp3) is 0.133. The van der Waals surface area contributed by atoms with Crippen molar-refractivity contribution in [1.29, 1.82) is 0 Å². The van der Waals surface area contributed by atoms with Crippen molar-refractivity contribution < 1.29 is 112 Å². The van der Waals surface area contributed by atoms with E-state index in [1.807, 2.05) is 0 Å². The van der Waals surface area contributed by atoms with Gasteiger partial charge >= 0.3 is 79.3 Å². The standard InChI is InChI=1S/C15H9ClF6NO5P.2Na.2H/c16-9-1-2-12(28-29(25,26)27)11(6-9)13(24)23-10-4-7(14(17,18)19)3-8(5-10)15(20,21)22;;;;/h1-6H,(H,23,24)(H2,25,26,27);;;;/q;2*+1;2*-1. The first-order chi connectivity index (χ1) is 13.1. The van der Waals surface area contributed by atoms with Gasteiger partial charge < -0.3 is 12.7 Å². The van der Waals surface area contributed by atoms with Gasteiger partial charge in [0.1, 0.15) is 5.75 Å². The average Bonchev–Trinajstić information content (AvgIpc) is 2.53. The molecule has 1 amide bonds. The second-order valence-electron chi connectivity index (χ2n) is 5.47. The van der Waals surface area contributed by atoms with E-state index in [4.69, 9.17) is 21.4 Å². The van der Waals surface area contributed by atoms with Crippen molar-refractivity contribution in [2.24, 2.45) is 0 Å². The number of nitrogens with one attached hydrogen (secondary N) is 1. The summed E-state index contributed by atoms with van der Waals surface area (Å²) in [6.07, 6.45) is -10.3. The van der Waals surface area contributed by atoms with Crippen LogP contribution in [0.4, 0.5) is 32.0 Å². The molecule has 6 nitrogen and oxygen atoms in total. The van der Waals surface area contributed by atoms with Crippen LogP contribution in [0.25, 0.3) is 0 Å². The Morgan fingerprint density at radius 1 is 0.968 bits per heavy atom. The summed E-state index contributed by atoms with van der Waals surface area (Å²) in [5, 5.41) is 1.69. The molecule has 0 aromatic heterocycles. The van der Waals surface area contributed by atoms with Gasteiger partial charge in [0.15, 0.2) is 0 Å². The average molecular weight is 512 g/mol. The van der Waals surface area contributed by atoms with Crippen LogP contribution in [-0.2, 0) is 16.9 Å². The summed E-state index contributed by atoms with van der Waals surface area (Å²) >= 11 is 5.68. The number of hydrogen-bond donors (Lipinski definition) is 3. The number of phosphoric ester groups is 1. The summed E-state index contributed by atoms with van der Waals surface area (Å²) < 4.78 is 92.6. The zero-order chi connectivity index (χ0) is 22.2. The Bertz CT molecular complexity index is 977. The number of phosphoric acid groups is 1. The Labute approximate surface area is 223 Å². The number of hydrogen-bond acceptors (Lipinski definition) is 3. The van der Waals surface area contributed by atoms with Crippen LogP contribution in [0.1, 0.15) is 24.3 Å². The van der Waals surface area contributed by atoms with Crippen LogP contribution >= 0.6 is 19.4 Å². The molecule has 0 saturated heterocycles. The van der Waals surface area contributed by atoms with Crippen LogP contribution in [0.3, 0.4) is 0 Å². The molecule has 31 heavy (non-hydrogen) atoms. The predicted molar refractivity (Wildman–Crippen MR) is 90.7 cm³/mol. The number of anilines is 1. The molecule has 2 rings (SSSR count). The van der Waals surface area contributed by atoms with Crippen molar-refractivity contribution in [2.45, 2.75) is 12.4 Å². The topological polar surface area (TPSA) is 95.9 Å². The SMILES string of the molecule is O=C(Nc1cc(C(F)(F)F)cc(C(F)(F)F)c1)c1cc(Cl)ccc1OP(=O)(O)O.[H-].[H-].[Na+].[Na+]. The van der Waals surface area contributed by atoms with E-state index in [9.17, 15) is 35.7 Å². The van der Waals surface area contributed by atoms with Gasteiger partial charge in [0.05, 0.1) is 16.7 Å². The fourth-order valence-electron chi connectivity index (χ4n) is 2.11. The minimum Gasteiger partial charge on any atom is -1.00 e. The van der Waals surface area contributed by atoms with Crippen molar-refractivity contribution in [3.63, 3.8) is 0 Å². The van der Waals surface area contributed by atoms with Gasteiger partial charge in [0.25, 0.3) is 5.91 Å². The van der Waals surface area contributed by atoms with Crippen molar-refractivity contribution in [3.05, 3.63) is 58.1 Å². The van der Waals surface area contributed by atoms with Crippen LogP contribution in [0.15, 0.2) is 36.4 Å². The Hall–Kier alpha value is -0.270. The molecule has 0 saturated carbocycles. The van der Waals surface area contributed by atoms with E-state index in [0.717, 1.165) is 18.2 Å². The van der Waals surface area contributed by atoms with Gasteiger partial charge in [-0.05, 0) is 36.4 Å². The number of alkyl halides is 6. The van der Waals surface area contributed by atoms with Gasteiger partial charge in [-0.2, -0.15) is 26.3 Å². The van der Waals surface area contributed by atoms with Crippen LogP contribution in [-0.4, -0.2) is 15.7 Å². The van der Waals surface area contributed by atoms with Crippen molar-refractivity contribution >= 4 is 31.0 Å². The summed E-state index contributed by atoms with van der Waals surface area (Å²) in [6.45, 7) is 0. The van der Waals surface area contributed by atoms with Crippen LogP contribution in [0, 0.1) is 0 Å². The Morgan fingerprint density at radius 3 is 1.87 bits per heavy atom. The Kier molecular flexibility index (Phi) is 11.1. The van der Waals surface area contributed by atoms with E-state index in [1.165, 1.54) is 0 Å². The molecule has 162 valence electrons. The Morgan fingerprint density at radius 2 is 1.45 bits per heavy atom. The van der Waals surface area contributed by atoms with Crippen LogP contribution in [0.5, 0.6) is 5.75 Å². The molecule has 0 aliphatic rings. The third kappa shape index (κ3) is 9.24. The van der Waals surface area contributed by atoms with Crippen molar-refractivity contribution in [2.75, 3.05) is 5.32 Å². The molecular formula is C15H11ClF6NNa2O5P. The quantitative estimate of drug-likeness (QED) is 0.288. The molecule has 0 radical (unpaired) electrons. The van der Waals surface area contributed by atoms with Gasteiger partial charge in [0, 0.05) is 10.7 Å². The minimum atomic E-state index is -5.13. The summed E-state index contributed by atoms with van der Waals surface area (Å²) in [5.41, 5.74) is -4.83. The third-order valence-electron chi connectivity index (χ3n) is 3.25. The van der Waals surface area contributed by atoms with Crippen molar-refractivity contribution in [3.8, 4) is 5.75 Å². The molecule has 0 heterocycles. The van der Waals surface area contributed by atoms with Gasteiger partial charge in [-0.1, -0.05) is 11.6 Å². The second kappa shape index (κ2) is 11.2. The van der Waals surface area contributed by atoms with E-state index in [2.05, 4.69) is 4.52 Å². The molecule has 16 heteroatoms.